The van der Waals surface area contributed by atoms with E-state index < -0.39 is 6.10 Å². The average Bonchev–Trinajstić information content (AvgIpc) is 3.22. The highest BCUT2D eigenvalue weighted by molar-refractivity contribution is 7.99. The fraction of sp³-hybridized carbons (Fsp3) is 0.200. The maximum atomic E-state index is 12.2. The average molecular weight is 426 g/mol. The summed E-state index contributed by atoms with van der Waals surface area (Å²) >= 11 is 1.12. The number of nitrogens with one attached hydrogen (secondary N) is 2. The van der Waals surface area contributed by atoms with Gasteiger partial charge >= 0.3 is 0 Å². The fourth-order valence-electron chi connectivity index (χ4n) is 2.71. The summed E-state index contributed by atoms with van der Waals surface area (Å²) in [5, 5.41) is 13.7. The van der Waals surface area contributed by atoms with Gasteiger partial charge in [0.25, 0.3) is 11.1 Å². The zero-order valence-corrected chi connectivity index (χ0v) is 16.8. The number of ether oxygens (including phenoxy) is 2. The normalized spacial score (nSPS) is 14.8. The van der Waals surface area contributed by atoms with E-state index in [0.29, 0.717) is 28.8 Å². The first-order chi connectivity index (χ1) is 14.6. The highest BCUT2D eigenvalue weighted by Crippen LogP contribution is 2.35. The van der Waals surface area contributed by atoms with Crippen molar-refractivity contribution < 1.29 is 23.5 Å². The lowest BCUT2D eigenvalue weighted by Crippen LogP contribution is -2.21. The van der Waals surface area contributed by atoms with Crippen LogP contribution in [0.2, 0.25) is 0 Å². The lowest BCUT2D eigenvalue weighted by atomic mass is 10.2. The summed E-state index contributed by atoms with van der Waals surface area (Å²) in [6, 6.07) is 14.2. The first kappa shape index (κ1) is 19.8. The van der Waals surface area contributed by atoms with E-state index in [9.17, 15) is 9.59 Å². The minimum atomic E-state index is -0.502. The van der Waals surface area contributed by atoms with Crippen LogP contribution < -0.4 is 20.1 Å². The summed E-state index contributed by atoms with van der Waals surface area (Å²) in [6.07, 6.45) is -0.502. The van der Waals surface area contributed by atoms with Crippen LogP contribution in [0, 0.1) is 0 Å². The molecule has 0 bridgehead atoms. The lowest BCUT2D eigenvalue weighted by Gasteiger charge is -2.23. The van der Waals surface area contributed by atoms with Crippen molar-refractivity contribution in [3.05, 3.63) is 54.4 Å². The zero-order chi connectivity index (χ0) is 20.9. The Kier molecular flexibility index (Phi) is 5.84. The number of benzene rings is 2. The number of fused-ring (bicyclic) bond motifs is 1. The Morgan fingerprint density at radius 1 is 1.03 bits per heavy atom. The van der Waals surface area contributed by atoms with Crippen molar-refractivity contribution in [2.75, 3.05) is 23.0 Å². The van der Waals surface area contributed by atoms with Crippen LogP contribution in [-0.2, 0) is 9.59 Å². The maximum absolute atomic E-state index is 12.2. The zero-order valence-electron chi connectivity index (χ0n) is 16.0. The molecule has 1 aliphatic heterocycles. The third-order valence-electron chi connectivity index (χ3n) is 4.02. The molecule has 1 unspecified atom stereocenters. The van der Waals surface area contributed by atoms with Crippen LogP contribution in [0.4, 0.5) is 11.4 Å². The first-order valence-electron chi connectivity index (χ1n) is 9.09. The van der Waals surface area contributed by atoms with Crippen LogP contribution in [0.25, 0.3) is 0 Å². The molecule has 154 valence electrons. The van der Waals surface area contributed by atoms with Crippen LogP contribution in [0.3, 0.4) is 0 Å². The molecule has 2 heterocycles. The molecule has 2 amide bonds. The monoisotopic (exact) mass is 426 g/mol. The third-order valence-corrected chi connectivity index (χ3v) is 4.84. The lowest BCUT2D eigenvalue weighted by molar-refractivity contribution is -0.114. The van der Waals surface area contributed by atoms with E-state index in [-0.39, 0.29) is 29.4 Å². The molecule has 0 saturated heterocycles. The number of aromatic nitrogens is 2. The second-order valence-corrected chi connectivity index (χ2v) is 7.29. The summed E-state index contributed by atoms with van der Waals surface area (Å²) in [6.45, 7) is 1.69. The molecule has 30 heavy (non-hydrogen) atoms. The molecule has 10 heteroatoms. The van der Waals surface area contributed by atoms with Gasteiger partial charge < -0.3 is 24.5 Å². The molecule has 0 aliphatic carbocycles. The highest BCUT2D eigenvalue weighted by atomic mass is 32.2. The van der Waals surface area contributed by atoms with Gasteiger partial charge in [0.2, 0.25) is 17.9 Å². The van der Waals surface area contributed by atoms with Gasteiger partial charge in [-0.05, 0) is 36.4 Å². The third kappa shape index (κ3) is 4.90. The van der Waals surface area contributed by atoms with E-state index in [1.807, 2.05) is 18.2 Å². The minimum Gasteiger partial charge on any atom is -0.485 e. The van der Waals surface area contributed by atoms with Crippen molar-refractivity contribution in [1.29, 1.82) is 0 Å². The number of para-hydroxylation sites is 2. The Morgan fingerprint density at radius 3 is 2.47 bits per heavy atom. The number of amides is 2. The van der Waals surface area contributed by atoms with E-state index in [2.05, 4.69) is 20.8 Å². The summed E-state index contributed by atoms with van der Waals surface area (Å²) in [5.41, 5.74) is 1.28. The number of hydrogen-bond acceptors (Lipinski definition) is 8. The van der Waals surface area contributed by atoms with Crippen LogP contribution in [-0.4, -0.2) is 34.4 Å². The van der Waals surface area contributed by atoms with Crippen molar-refractivity contribution >= 4 is 35.0 Å². The topological polar surface area (TPSA) is 116 Å². The van der Waals surface area contributed by atoms with Crippen molar-refractivity contribution in [2.24, 2.45) is 0 Å². The van der Waals surface area contributed by atoms with Gasteiger partial charge in [-0.1, -0.05) is 23.9 Å². The molecule has 0 spiro atoms. The molecule has 1 aliphatic rings. The van der Waals surface area contributed by atoms with Crippen LogP contribution in [0.1, 0.15) is 18.9 Å². The Hall–Kier alpha value is -3.53. The van der Waals surface area contributed by atoms with Crippen LogP contribution in [0.15, 0.2) is 58.2 Å². The Morgan fingerprint density at radius 2 is 1.73 bits per heavy atom. The molecule has 1 atom stereocenters. The van der Waals surface area contributed by atoms with Crippen molar-refractivity contribution in [2.45, 2.75) is 18.3 Å². The van der Waals surface area contributed by atoms with Gasteiger partial charge in [0.05, 0.1) is 5.75 Å². The number of nitrogens with zero attached hydrogens (tertiary/aromatic N) is 2. The second-order valence-electron chi connectivity index (χ2n) is 6.37. The van der Waals surface area contributed by atoms with Crippen molar-refractivity contribution in [1.82, 2.24) is 10.2 Å². The number of thioether (sulfide) groups is 1. The minimum absolute atomic E-state index is 0.0972. The van der Waals surface area contributed by atoms with Crippen LogP contribution in [0.5, 0.6) is 11.5 Å². The first-order valence-corrected chi connectivity index (χ1v) is 10.1. The standard InChI is InChI=1S/C20H18N4O5S/c1-12(25)21-13-6-8-14(9-7-13)22-18(26)11-30-20-24-23-19(29-20)17-10-27-15-4-2-3-5-16(15)28-17/h2-9,17H,10-11H2,1H3,(H,21,25)(H,22,26). The van der Waals surface area contributed by atoms with Crippen molar-refractivity contribution in [3.63, 3.8) is 0 Å². The SMILES string of the molecule is CC(=O)Nc1ccc(NC(=O)CSc2nnc(C3COc4ccccc4O3)o2)cc1. The van der Waals surface area contributed by atoms with Crippen LogP contribution >= 0.6 is 11.8 Å². The van der Waals surface area contributed by atoms with Gasteiger partial charge in [-0.25, -0.2) is 0 Å². The van der Waals surface area contributed by atoms with E-state index in [0.717, 1.165) is 11.8 Å². The predicted octanol–water partition coefficient (Wildman–Crippen LogP) is 3.27. The summed E-state index contributed by atoms with van der Waals surface area (Å²) in [4.78, 5) is 23.2. The molecule has 0 saturated carbocycles. The second kappa shape index (κ2) is 8.87. The summed E-state index contributed by atoms with van der Waals surface area (Å²) in [7, 11) is 0. The van der Waals surface area contributed by atoms with E-state index >= 15 is 0 Å². The predicted molar refractivity (Wildman–Crippen MR) is 110 cm³/mol. The summed E-state index contributed by atoms with van der Waals surface area (Å²) in [5.74, 6) is 1.30. The Bertz CT molecular complexity index is 1050. The Balaban J connectivity index is 1.28. The maximum Gasteiger partial charge on any atom is 0.277 e. The molecule has 9 nitrogen and oxygen atoms in total. The quantitative estimate of drug-likeness (QED) is 0.577. The van der Waals surface area contributed by atoms with Crippen molar-refractivity contribution in [3.8, 4) is 11.5 Å². The van der Waals surface area contributed by atoms with E-state index in [1.54, 1.807) is 30.3 Å². The number of hydrogen-bond donors (Lipinski definition) is 2. The largest absolute Gasteiger partial charge is 0.485 e. The van der Waals surface area contributed by atoms with E-state index in [1.165, 1.54) is 6.92 Å². The number of rotatable bonds is 6. The number of carbonyl (C=O) groups excluding carboxylic acids is 2. The molecule has 2 aromatic carbocycles. The molecule has 0 radical (unpaired) electrons. The molecule has 1 aromatic heterocycles. The van der Waals surface area contributed by atoms with Gasteiger partial charge in [-0.15, -0.1) is 10.2 Å². The molecular formula is C20H18N4O5S. The molecular weight excluding hydrogens is 408 g/mol. The van der Waals surface area contributed by atoms with Gasteiger partial charge in [0.1, 0.15) is 6.61 Å². The molecule has 2 N–H and O–H groups in total. The molecule has 0 fully saturated rings. The van der Waals surface area contributed by atoms with Gasteiger partial charge in [-0.3, -0.25) is 9.59 Å². The smallest absolute Gasteiger partial charge is 0.277 e. The van der Waals surface area contributed by atoms with Gasteiger partial charge in [0.15, 0.2) is 11.5 Å². The molecule has 3 aromatic rings. The summed E-state index contributed by atoms with van der Waals surface area (Å²) < 4.78 is 17.1. The number of anilines is 2. The molecule has 4 rings (SSSR count). The van der Waals surface area contributed by atoms with Gasteiger partial charge in [0, 0.05) is 18.3 Å². The van der Waals surface area contributed by atoms with E-state index in [4.69, 9.17) is 13.9 Å². The fourth-order valence-corrected chi connectivity index (χ4v) is 3.28. The highest BCUT2D eigenvalue weighted by Gasteiger charge is 2.27. The Labute approximate surface area is 176 Å². The number of carbonyl (C=O) groups is 2. The van der Waals surface area contributed by atoms with Gasteiger partial charge in [-0.2, -0.15) is 0 Å².